The van der Waals surface area contributed by atoms with Gasteiger partial charge in [0, 0.05) is 11.8 Å². The molecule has 0 atom stereocenters. The Hall–Kier alpha value is -1.58. The molecule has 2 rings (SSSR count). The van der Waals surface area contributed by atoms with Crippen molar-refractivity contribution in [2.24, 2.45) is 5.41 Å². The smallest absolute Gasteiger partial charge is 0.104 e. The van der Waals surface area contributed by atoms with Crippen molar-refractivity contribution in [1.82, 2.24) is 0 Å². The van der Waals surface area contributed by atoms with Gasteiger partial charge in [-0.2, -0.15) is 0 Å². The SMILES string of the molecule is OCC(CO)(Cc1ccccc1)Cc1ccco1. The van der Waals surface area contributed by atoms with Crippen LogP contribution >= 0.6 is 0 Å². The molecule has 1 heterocycles. The van der Waals surface area contributed by atoms with Crippen molar-refractivity contribution < 1.29 is 14.6 Å². The molecule has 3 nitrogen and oxygen atoms in total. The molecule has 0 saturated carbocycles. The summed E-state index contributed by atoms with van der Waals surface area (Å²) in [5.41, 5.74) is 0.534. The van der Waals surface area contributed by atoms with Crippen molar-refractivity contribution in [3.8, 4) is 0 Å². The maximum absolute atomic E-state index is 9.64. The average molecular weight is 246 g/mol. The van der Waals surface area contributed by atoms with Crippen LogP contribution < -0.4 is 0 Å². The molecule has 0 amide bonds. The molecule has 0 saturated heterocycles. The molecular weight excluding hydrogens is 228 g/mol. The van der Waals surface area contributed by atoms with Gasteiger partial charge in [-0.25, -0.2) is 0 Å². The summed E-state index contributed by atoms with van der Waals surface area (Å²) in [6, 6.07) is 13.6. The molecule has 0 aliphatic carbocycles. The first kappa shape index (κ1) is 12.9. The fraction of sp³-hybridized carbons (Fsp3) is 0.333. The van der Waals surface area contributed by atoms with Crippen molar-refractivity contribution in [3.63, 3.8) is 0 Å². The predicted molar refractivity (Wildman–Crippen MR) is 69.2 cm³/mol. The van der Waals surface area contributed by atoms with Gasteiger partial charge in [-0.1, -0.05) is 30.3 Å². The molecule has 1 aromatic carbocycles. The van der Waals surface area contributed by atoms with Crippen LogP contribution in [0.25, 0.3) is 0 Å². The second-order valence-corrected chi connectivity index (χ2v) is 4.73. The summed E-state index contributed by atoms with van der Waals surface area (Å²) in [4.78, 5) is 0. The predicted octanol–water partition coefficient (Wildman–Crippen LogP) is 2.04. The number of hydrogen-bond acceptors (Lipinski definition) is 3. The monoisotopic (exact) mass is 246 g/mol. The normalized spacial score (nSPS) is 11.7. The van der Waals surface area contributed by atoms with Gasteiger partial charge in [0.15, 0.2) is 0 Å². The van der Waals surface area contributed by atoms with Gasteiger partial charge in [0.05, 0.1) is 19.5 Å². The molecule has 1 aromatic heterocycles. The third kappa shape index (κ3) is 3.00. The number of benzene rings is 1. The minimum atomic E-state index is -0.570. The van der Waals surface area contributed by atoms with Crippen molar-refractivity contribution in [2.75, 3.05) is 13.2 Å². The van der Waals surface area contributed by atoms with Crippen LogP contribution in [0.3, 0.4) is 0 Å². The van der Waals surface area contributed by atoms with E-state index in [-0.39, 0.29) is 13.2 Å². The van der Waals surface area contributed by atoms with E-state index >= 15 is 0 Å². The Bertz CT molecular complexity index is 444. The minimum absolute atomic E-state index is 0.0703. The van der Waals surface area contributed by atoms with Gasteiger partial charge >= 0.3 is 0 Å². The van der Waals surface area contributed by atoms with Gasteiger partial charge in [-0.15, -0.1) is 0 Å². The van der Waals surface area contributed by atoms with Gasteiger partial charge in [-0.05, 0) is 24.1 Å². The Morgan fingerprint density at radius 3 is 2.17 bits per heavy atom. The van der Waals surface area contributed by atoms with E-state index < -0.39 is 5.41 Å². The van der Waals surface area contributed by atoms with E-state index in [0.717, 1.165) is 11.3 Å². The zero-order valence-corrected chi connectivity index (χ0v) is 10.2. The van der Waals surface area contributed by atoms with Crippen molar-refractivity contribution in [1.29, 1.82) is 0 Å². The summed E-state index contributed by atoms with van der Waals surface area (Å²) in [6.45, 7) is -0.141. The fourth-order valence-electron chi connectivity index (χ4n) is 2.15. The lowest BCUT2D eigenvalue weighted by Gasteiger charge is -2.29. The lowest BCUT2D eigenvalue weighted by molar-refractivity contribution is 0.0505. The number of aliphatic hydroxyl groups excluding tert-OH is 2. The topological polar surface area (TPSA) is 53.6 Å². The van der Waals surface area contributed by atoms with E-state index in [1.165, 1.54) is 0 Å². The molecule has 0 spiro atoms. The van der Waals surface area contributed by atoms with Crippen molar-refractivity contribution in [3.05, 3.63) is 60.1 Å². The summed E-state index contributed by atoms with van der Waals surface area (Å²) in [7, 11) is 0. The second-order valence-electron chi connectivity index (χ2n) is 4.73. The van der Waals surface area contributed by atoms with E-state index in [1.807, 2.05) is 42.5 Å². The first-order valence-corrected chi connectivity index (χ1v) is 6.06. The van der Waals surface area contributed by atoms with Crippen LogP contribution in [-0.2, 0) is 12.8 Å². The van der Waals surface area contributed by atoms with Crippen LogP contribution in [0.15, 0.2) is 53.1 Å². The average Bonchev–Trinajstić information content (AvgIpc) is 2.92. The Morgan fingerprint density at radius 1 is 0.889 bits per heavy atom. The Labute approximate surface area is 107 Å². The van der Waals surface area contributed by atoms with Crippen molar-refractivity contribution >= 4 is 0 Å². The highest BCUT2D eigenvalue weighted by molar-refractivity contribution is 5.17. The lowest BCUT2D eigenvalue weighted by atomic mass is 9.79. The van der Waals surface area contributed by atoms with E-state index in [1.54, 1.807) is 6.26 Å². The minimum Gasteiger partial charge on any atom is -0.469 e. The quantitative estimate of drug-likeness (QED) is 0.820. The van der Waals surface area contributed by atoms with Crippen LogP contribution in [0, 0.1) is 5.41 Å². The Balaban J connectivity index is 2.16. The maximum Gasteiger partial charge on any atom is 0.104 e. The molecule has 2 N–H and O–H groups in total. The summed E-state index contributed by atoms with van der Waals surface area (Å²) in [5.74, 6) is 0.786. The summed E-state index contributed by atoms with van der Waals surface area (Å²) >= 11 is 0. The molecular formula is C15H18O3. The molecule has 96 valence electrons. The highest BCUT2D eigenvalue weighted by Gasteiger charge is 2.30. The van der Waals surface area contributed by atoms with Crippen LogP contribution in [0.4, 0.5) is 0 Å². The van der Waals surface area contributed by atoms with E-state index in [9.17, 15) is 10.2 Å². The van der Waals surface area contributed by atoms with Gasteiger partial charge in [0.25, 0.3) is 0 Å². The van der Waals surface area contributed by atoms with Gasteiger partial charge in [0.2, 0.25) is 0 Å². The molecule has 0 unspecified atom stereocenters. The van der Waals surface area contributed by atoms with Crippen LogP contribution in [0.5, 0.6) is 0 Å². The molecule has 0 aliphatic heterocycles. The molecule has 3 heteroatoms. The molecule has 18 heavy (non-hydrogen) atoms. The Kier molecular flexibility index (Phi) is 4.18. The van der Waals surface area contributed by atoms with Gasteiger partial charge < -0.3 is 14.6 Å². The molecule has 0 aliphatic rings. The van der Waals surface area contributed by atoms with Crippen molar-refractivity contribution in [2.45, 2.75) is 12.8 Å². The first-order valence-electron chi connectivity index (χ1n) is 6.06. The zero-order valence-electron chi connectivity index (χ0n) is 10.2. The van der Waals surface area contributed by atoms with Crippen LogP contribution in [-0.4, -0.2) is 23.4 Å². The summed E-state index contributed by atoms with van der Waals surface area (Å²) in [6.07, 6.45) is 2.76. The highest BCUT2D eigenvalue weighted by atomic mass is 16.3. The largest absolute Gasteiger partial charge is 0.469 e. The fourth-order valence-corrected chi connectivity index (χ4v) is 2.15. The lowest BCUT2D eigenvalue weighted by Crippen LogP contribution is -2.34. The third-order valence-corrected chi connectivity index (χ3v) is 3.22. The number of rotatable bonds is 6. The first-order chi connectivity index (χ1) is 8.78. The molecule has 0 fully saturated rings. The van der Waals surface area contributed by atoms with Gasteiger partial charge in [-0.3, -0.25) is 0 Å². The highest BCUT2D eigenvalue weighted by Crippen LogP contribution is 2.27. The summed E-state index contributed by atoms with van der Waals surface area (Å²) < 4.78 is 5.31. The van der Waals surface area contributed by atoms with Gasteiger partial charge in [0.1, 0.15) is 5.76 Å². The van der Waals surface area contributed by atoms with E-state index in [4.69, 9.17) is 4.42 Å². The maximum atomic E-state index is 9.64. The van der Waals surface area contributed by atoms with E-state index in [2.05, 4.69) is 0 Å². The standard InChI is InChI=1S/C15H18O3/c16-11-15(12-17,10-14-7-4-8-18-14)9-13-5-2-1-3-6-13/h1-8,16-17H,9-12H2. The second kappa shape index (κ2) is 5.85. The Morgan fingerprint density at radius 2 is 1.61 bits per heavy atom. The van der Waals surface area contributed by atoms with Crippen LogP contribution in [0.1, 0.15) is 11.3 Å². The molecule has 2 aromatic rings. The molecule has 0 bridgehead atoms. The summed E-state index contributed by atoms with van der Waals surface area (Å²) in [5, 5.41) is 19.3. The third-order valence-electron chi connectivity index (χ3n) is 3.22. The number of furan rings is 1. The van der Waals surface area contributed by atoms with Crippen LogP contribution in [0.2, 0.25) is 0 Å². The number of hydrogen-bond donors (Lipinski definition) is 2. The zero-order chi connectivity index (χ0) is 12.8. The number of aliphatic hydroxyl groups is 2. The van der Waals surface area contributed by atoms with E-state index in [0.29, 0.717) is 12.8 Å². The molecule has 0 radical (unpaired) electrons.